The second-order valence-electron chi connectivity index (χ2n) is 9.11. The van der Waals surface area contributed by atoms with E-state index >= 15 is 0 Å². The minimum atomic E-state index is 0. The Balaban J connectivity index is 0. The summed E-state index contributed by atoms with van der Waals surface area (Å²) in [7, 11) is 1.79. The summed E-state index contributed by atoms with van der Waals surface area (Å²) in [5, 5.41) is 2.85. The summed E-state index contributed by atoms with van der Waals surface area (Å²) in [5.74, 6) is 3.12. The molecule has 3 atom stereocenters. The highest BCUT2D eigenvalue weighted by atomic mass is 16.1. The highest BCUT2D eigenvalue weighted by Gasteiger charge is 2.20. The van der Waals surface area contributed by atoms with Crippen LogP contribution in [-0.2, 0) is 16.0 Å². The third-order valence-corrected chi connectivity index (χ3v) is 6.51. The van der Waals surface area contributed by atoms with Crippen LogP contribution in [0.25, 0.3) is 0 Å². The van der Waals surface area contributed by atoms with Gasteiger partial charge in [0, 0.05) is 6.42 Å². The van der Waals surface area contributed by atoms with Crippen LogP contribution < -0.4 is 5.32 Å². The summed E-state index contributed by atoms with van der Waals surface area (Å²) in [6, 6.07) is 10.1. The minimum absolute atomic E-state index is 0. The molecule has 3 nitrogen and oxygen atoms in total. The molecule has 1 N–H and O–H groups in total. The molecule has 0 fully saturated rings. The number of carbonyl (C=O) groups excluding carboxylic acids is 2. The molecule has 3 unspecified atom stereocenters. The van der Waals surface area contributed by atoms with Gasteiger partial charge >= 0.3 is 0 Å². The van der Waals surface area contributed by atoms with Crippen molar-refractivity contribution < 1.29 is 9.59 Å². The number of carbonyl (C=O) groups is 2. The van der Waals surface area contributed by atoms with E-state index in [1.807, 2.05) is 30.3 Å². The third kappa shape index (κ3) is 17.4. The topological polar surface area (TPSA) is 46.2 Å². The van der Waals surface area contributed by atoms with Crippen molar-refractivity contribution in [3.8, 4) is 0 Å². The van der Waals surface area contributed by atoms with Crippen molar-refractivity contribution in [1.82, 2.24) is 5.32 Å². The Kier molecular flexibility index (Phi) is 22.4. The van der Waals surface area contributed by atoms with Crippen molar-refractivity contribution in [2.75, 3.05) is 13.6 Å². The van der Waals surface area contributed by atoms with Crippen molar-refractivity contribution >= 4 is 12.1 Å². The maximum absolute atomic E-state index is 11.2. The standard InChI is InChI=1S/C16H30.C11H15NO.C2H4O.CH4/c1-5-15-11-10-13(3)8-7-9-14(4)16(6-2)12-15;1-12-9-11(13)8-7-10-5-3-2-4-6-10;1-2-3;/h8,14-16H,5-7,9-12H2,1-4H3;2-6,12H,7-9H2,1H3;2H,1H3;1H4/b13-8+;;;. The summed E-state index contributed by atoms with van der Waals surface area (Å²) >= 11 is 0. The van der Waals surface area contributed by atoms with Crippen molar-refractivity contribution in [3.05, 3.63) is 47.5 Å². The number of hydrogen-bond acceptors (Lipinski definition) is 3. The van der Waals surface area contributed by atoms with Crippen LogP contribution in [0.15, 0.2) is 42.0 Å². The first kappa shape index (κ1) is 33.4. The molecule has 1 aliphatic carbocycles. The zero-order valence-corrected chi connectivity index (χ0v) is 21.7. The molecule has 0 amide bonds. The number of nitrogens with one attached hydrogen (secondary N) is 1. The van der Waals surface area contributed by atoms with E-state index in [4.69, 9.17) is 4.79 Å². The Bertz CT molecular complexity index is 623. The Morgan fingerprint density at radius 3 is 2.30 bits per heavy atom. The number of hydrogen-bond donors (Lipinski definition) is 1. The third-order valence-electron chi connectivity index (χ3n) is 6.51. The van der Waals surface area contributed by atoms with Gasteiger partial charge in [0.25, 0.3) is 0 Å². The zero-order valence-electron chi connectivity index (χ0n) is 21.7. The molecule has 0 aromatic heterocycles. The van der Waals surface area contributed by atoms with Crippen molar-refractivity contribution in [2.45, 2.75) is 99.8 Å². The minimum Gasteiger partial charge on any atom is -0.313 e. The number of rotatable bonds is 7. The first-order chi connectivity index (χ1) is 15.4. The lowest BCUT2D eigenvalue weighted by Crippen LogP contribution is -2.18. The zero-order chi connectivity index (χ0) is 24.2. The molecule has 2 rings (SSSR count). The molecule has 3 heteroatoms. The van der Waals surface area contributed by atoms with Gasteiger partial charge < -0.3 is 10.1 Å². The largest absolute Gasteiger partial charge is 0.313 e. The molecule has 1 aliphatic rings. The van der Waals surface area contributed by atoms with Crippen LogP contribution in [-0.4, -0.2) is 25.7 Å². The fraction of sp³-hybridized carbons (Fsp3) is 0.667. The van der Waals surface area contributed by atoms with Crippen LogP contribution in [0.5, 0.6) is 0 Å². The maximum Gasteiger partial charge on any atom is 0.146 e. The second kappa shape index (κ2) is 22.1. The maximum atomic E-state index is 11.2. The van der Waals surface area contributed by atoms with Gasteiger partial charge in [-0.05, 0) is 82.7 Å². The van der Waals surface area contributed by atoms with E-state index in [0.717, 1.165) is 30.5 Å². The van der Waals surface area contributed by atoms with Crippen LogP contribution in [0.3, 0.4) is 0 Å². The molecule has 0 saturated heterocycles. The lowest BCUT2D eigenvalue weighted by molar-refractivity contribution is -0.118. The fourth-order valence-corrected chi connectivity index (χ4v) is 4.29. The van der Waals surface area contributed by atoms with Crippen molar-refractivity contribution in [2.24, 2.45) is 17.8 Å². The normalized spacial score (nSPS) is 22.0. The van der Waals surface area contributed by atoms with Crippen LogP contribution in [0.1, 0.15) is 99.0 Å². The van der Waals surface area contributed by atoms with Gasteiger partial charge in [-0.25, -0.2) is 0 Å². The van der Waals surface area contributed by atoms with E-state index in [2.05, 4.69) is 39.1 Å². The quantitative estimate of drug-likeness (QED) is 0.334. The summed E-state index contributed by atoms with van der Waals surface area (Å²) in [5.41, 5.74) is 2.85. The molecule has 0 radical (unpaired) electrons. The SMILES string of the molecule is C.CC=O.CCC1CC/C(C)=C/CCC(C)C(CC)C1.CNCC(=O)CCc1ccccc1. The van der Waals surface area contributed by atoms with Gasteiger partial charge in [-0.3, -0.25) is 4.79 Å². The molecule has 0 bridgehead atoms. The van der Waals surface area contributed by atoms with E-state index < -0.39 is 0 Å². The molecule has 1 aromatic rings. The summed E-state index contributed by atoms with van der Waals surface area (Å²) in [4.78, 5) is 20.0. The number of allylic oxidation sites excluding steroid dienone is 2. The Morgan fingerprint density at radius 1 is 1.12 bits per heavy atom. The van der Waals surface area contributed by atoms with Gasteiger partial charge in [0.05, 0.1) is 6.54 Å². The Labute approximate surface area is 205 Å². The number of likely N-dealkylation sites (N-methyl/N-ethyl adjacent to an activating group) is 1. The summed E-state index contributed by atoms with van der Waals surface area (Å²) in [6.45, 7) is 11.4. The number of aryl methyl sites for hydroxylation is 1. The highest BCUT2D eigenvalue weighted by Crippen LogP contribution is 2.32. The van der Waals surface area contributed by atoms with E-state index in [1.165, 1.54) is 57.4 Å². The van der Waals surface area contributed by atoms with Crippen molar-refractivity contribution in [1.29, 1.82) is 0 Å². The second-order valence-corrected chi connectivity index (χ2v) is 9.11. The molecular formula is C30H53NO2. The van der Waals surface area contributed by atoms with E-state index in [1.54, 1.807) is 12.6 Å². The first-order valence-electron chi connectivity index (χ1n) is 12.7. The van der Waals surface area contributed by atoms with Crippen LogP contribution in [0.4, 0.5) is 0 Å². The summed E-state index contributed by atoms with van der Waals surface area (Å²) in [6.07, 6.45) is 14.4. The lowest BCUT2D eigenvalue weighted by Gasteiger charge is -2.28. The fourth-order valence-electron chi connectivity index (χ4n) is 4.29. The van der Waals surface area contributed by atoms with E-state index in [-0.39, 0.29) is 13.2 Å². The Morgan fingerprint density at radius 2 is 1.76 bits per heavy atom. The number of ketones is 1. The predicted molar refractivity (Wildman–Crippen MR) is 146 cm³/mol. The molecule has 0 heterocycles. The molecule has 0 saturated carbocycles. The van der Waals surface area contributed by atoms with Crippen molar-refractivity contribution in [3.63, 3.8) is 0 Å². The van der Waals surface area contributed by atoms with Gasteiger partial charge in [0.2, 0.25) is 0 Å². The number of aldehydes is 1. The van der Waals surface area contributed by atoms with Gasteiger partial charge in [-0.2, -0.15) is 0 Å². The Hall–Kier alpha value is -1.74. The summed E-state index contributed by atoms with van der Waals surface area (Å²) < 4.78 is 0. The molecule has 1 aromatic carbocycles. The average Bonchev–Trinajstić information content (AvgIpc) is 2.79. The van der Waals surface area contributed by atoms with Gasteiger partial charge in [0.1, 0.15) is 12.1 Å². The van der Waals surface area contributed by atoms with E-state index in [9.17, 15) is 4.79 Å². The average molecular weight is 460 g/mol. The molecule has 33 heavy (non-hydrogen) atoms. The van der Waals surface area contributed by atoms with Crippen LogP contribution in [0, 0.1) is 17.8 Å². The molecule has 190 valence electrons. The van der Waals surface area contributed by atoms with Crippen LogP contribution in [0.2, 0.25) is 0 Å². The predicted octanol–water partition coefficient (Wildman–Crippen LogP) is 7.83. The smallest absolute Gasteiger partial charge is 0.146 e. The van der Waals surface area contributed by atoms with Gasteiger partial charge in [0.15, 0.2) is 0 Å². The molecule has 0 aliphatic heterocycles. The number of benzene rings is 1. The first-order valence-corrected chi connectivity index (χ1v) is 12.7. The number of Topliss-reactive ketones (excluding diaryl/α,β-unsaturated/α-hetero) is 1. The van der Waals surface area contributed by atoms with Gasteiger partial charge in [-0.15, -0.1) is 0 Å². The van der Waals surface area contributed by atoms with Gasteiger partial charge in [-0.1, -0.05) is 83.0 Å². The lowest BCUT2D eigenvalue weighted by atomic mass is 9.78. The monoisotopic (exact) mass is 459 g/mol. The van der Waals surface area contributed by atoms with E-state index in [0.29, 0.717) is 13.0 Å². The van der Waals surface area contributed by atoms with Crippen LogP contribution >= 0.6 is 0 Å². The molecule has 0 spiro atoms. The molecular weight excluding hydrogens is 406 g/mol. The highest BCUT2D eigenvalue weighted by molar-refractivity contribution is 5.80.